The lowest BCUT2D eigenvalue weighted by Gasteiger charge is -2.48. The predicted molar refractivity (Wildman–Crippen MR) is 114 cm³/mol. The van der Waals surface area contributed by atoms with Crippen LogP contribution in [0.1, 0.15) is 92.4 Å². The molecule has 1 saturated carbocycles. The lowest BCUT2D eigenvalue weighted by Crippen LogP contribution is -2.48. The molecule has 0 amide bonds. The maximum absolute atomic E-state index is 11.3. The summed E-state index contributed by atoms with van der Waals surface area (Å²) in [7, 11) is 0. The molecule has 4 atom stereocenters. The van der Waals surface area contributed by atoms with Gasteiger partial charge in [-0.2, -0.15) is 0 Å². The number of rotatable bonds is 8. The monoisotopic (exact) mass is 408 g/mol. The molecule has 0 aromatic heterocycles. The zero-order valence-electron chi connectivity index (χ0n) is 18.9. The lowest BCUT2D eigenvalue weighted by molar-refractivity contribution is -0.411. The minimum absolute atomic E-state index is 0.132. The molecule has 2 fully saturated rings. The molecule has 166 valence electrons. The molecule has 2 N–H and O–H groups in total. The molecule has 0 radical (unpaired) electrons. The minimum atomic E-state index is -0.855. The van der Waals surface area contributed by atoms with Crippen molar-refractivity contribution < 1.29 is 24.8 Å². The van der Waals surface area contributed by atoms with Crippen molar-refractivity contribution in [3.8, 4) is 0 Å². The summed E-state index contributed by atoms with van der Waals surface area (Å²) in [5.41, 5.74) is 0.941. The van der Waals surface area contributed by atoms with Gasteiger partial charge in [0.15, 0.2) is 0 Å². The average molecular weight is 409 g/mol. The molecule has 2 aliphatic rings. The smallest absolute Gasteiger partial charge is 0.308 e. The van der Waals surface area contributed by atoms with Crippen LogP contribution in [0.15, 0.2) is 23.8 Å². The molecular weight excluding hydrogens is 368 g/mol. The van der Waals surface area contributed by atoms with E-state index in [0.717, 1.165) is 50.5 Å². The second-order valence-electron chi connectivity index (χ2n) is 10.1. The van der Waals surface area contributed by atoms with Gasteiger partial charge in [-0.3, -0.25) is 4.79 Å². The number of hydrogen-bond donors (Lipinski definition) is 2. The molecular formula is C24H40O5. The molecule has 1 heterocycles. The molecule has 0 aromatic rings. The summed E-state index contributed by atoms with van der Waals surface area (Å²) in [5.74, 6) is -1.42. The van der Waals surface area contributed by atoms with Crippen molar-refractivity contribution in [3.63, 3.8) is 0 Å². The van der Waals surface area contributed by atoms with Gasteiger partial charge in [-0.05, 0) is 89.5 Å². The van der Waals surface area contributed by atoms with Crippen LogP contribution in [0.25, 0.3) is 0 Å². The van der Waals surface area contributed by atoms with Crippen molar-refractivity contribution >= 4 is 5.97 Å². The fourth-order valence-electron chi connectivity index (χ4n) is 4.63. The molecule has 5 nitrogen and oxygen atoms in total. The Balaban J connectivity index is 1.82. The summed E-state index contributed by atoms with van der Waals surface area (Å²) in [4.78, 5) is 22.1. The van der Waals surface area contributed by atoms with Gasteiger partial charge >= 0.3 is 5.97 Å². The highest BCUT2D eigenvalue weighted by atomic mass is 17.2. The van der Waals surface area contributed by atoms with Gasteiger partial charge in [0.2, 0.25) is 0 Å². The largest absolute Gasteiger partial charge is 0.481 e. The Kier molecular flexibility index (Phi) is 7.74. The van der Waals surface area contributed by atoms with E-state index < -0.39 is 17.5 Å². The van der Waals surface area contributed by atoms with Crippen LogP contribution in [0.5, 0.6) is 0 Å². The third-order valence-corrected chi connectivity index (χ3v) is 7.31. The number of carboxylic acid groups (broad SMARTS) is 1. The number of allylic oxidation sites excluding steroid dienone is 2. The van der Waals surface area contributed by atoms with Crippen molar-refractivity contribution in [1.82, 2.24) is 0 Å². The lowest BCUT2D eigenvalue weighted by atomic mass is 9.61. The maximum atomic E-state index is 11.3. The highest BCUT2D eigenvalue weighted by Gasteiger charge is 2.47. The number of carbonyl (C=O) groups is 1. The summed E-state index contributed by atoms with van der Waals surface area (Å²) in [6, 6.07) is 0. The van der Waals surface area contributed by atoms with Crippen molar-refractivity contribution in [2.45, 2.75) is 110 Å². The van der Waals surface area contributed by atoms with Crippen LogP contribution >= 0.6 is 0 Å². The summed E-state index contributed by atoms with van der Waals surface area (Å²) in [5, 5.41) is 20.4. The first-order chi connectivity index (χ1) is 13.4. The molecule has 0 aromatic carbocycles. The van der Waals surface area contributed by atoms with Gasteiger partial charge in [0.05, 0.1) is 11.5 Å². The Morgan fingerprint density at radius 3 is 2.55 bits per heavy atom. The van der Waals surface area contributed by atoms with E-state index >= 15 is 0 Å². The first-order valence-corrected chi connectivity index (χ1v) is 11.0. The number of carboxylic acids is 1. The quantitative estimate of drug-likeness (QED) is 0.405. The number of aliphatic hydroxyl groups is 1. The molecule has 29 heavy (non-hydrogen) atoms. The molecule has 0 bridgehead atoms. The topological polar surface area (TPSA) is 76.0 Å². The summed E-state index contributed by atoms with van der Waals surface area (Å²) < 4.78 is 0. The SMILES string of the molecule is C=C1CCCC(C)(C)C1(O)CC/C(C)=C/CC[C@]1(C)CC[C@@H]([C@@H](C)C(=O)O)OO1. The van der Waals surface area contributed by atoms with E-state index in [2.05, 4.69) is 33.4 Å². The standard InChI is InChI=1S/C24H40O5/c1-17(11-16-24(27)18(2)10-8-13-22(24,4)5)9-7-14-23(6)15-12-20(28-29-23)19(3)21(25)26/h9,19-20,27H,2,7-8,10-16H2,1,3-6H3,(H,25,26)/b17-9+/t19-,20+,23-,24?/m1/s1. The molecule has 0 spiro atoms. The van der Waals surface area contributed by atoms with Crippen LogP contribution in [0, 0.1) is 11.3 Å². The van der Waals surface area contributed by atoms with Gasteiger partial charge in [-0.1, -0.05) is 32.1 Å². The minimum Gasteiger partial charge on any atom is -0.481 e. The van der Waals surface area contributed by atoms with Crippen LogP contribution in [0.3, 0.4) is 0 Å². The third-order valence-electron chi connectivity index (χ3n) is 7.31. The van der Waals surface area contributed by atoms with E-state index in [-0.39, 0.29) is 17.1 Å². The molecule has 2 rings (SSSR count). The molecule has 5 heteroatoms. The Morgan fingerprint density at radius 1 is 1.31 bits per heavy atom. The Bertz CT molecular complexity index is 627. The maximum Gasteiger partial charge on any atom is 0.308 e. The van der Waals surface area contributed by atoms with E-state index in [4.69, 9.17) is 14.9 Å². The van der Waals surface area contributed by atoms with Crippen molar-refractivity contribution in [3.05, 3.63) is 23.8 Å². The molecule has 1 unspecified atom stereocenters. The van der Waals surface area contributed by atoms with Gasteiger partial charge in [-0.15, -0.1) is 0 Å². The highest BCUT2D eigenvalue weighted by Crippen LogP contribution is 2.49. The first-order valence-electron chi connectivity index (χ1n) is 11.0. The predicted octanol–water partition coefficient (Wildman–Crippen LogP) is 5.58. The van der Waals surface area contributed by atoms with Gasteiger partial charge in [-0.25, -0.2) is 9.78 Å². The molecule has 1 aliphatic heterocycles. The number of hydrogen-bond acceptors (Lipinski definition) is 4. The Morgan fingerprint density at radius 2 is 2.00 bits per heavy atom. The molecule has 1 aliphatic carbocycles. The normalized spacial score (nSPS) is 34.1. The van der Waals surface area contributed by atoms with E-state index in [1.165, 1.54) is 5.57 Å². The van der Waals surface area contributed by atoms with Crippen LogP contribution in [-0.4, -0.2) is 33.5 Å². The van der Waals surface area contributed by atoms with Gasteiger partial charge in [0.1, 0.15) is 11.7 Å². The average Bonchev–Trinajstić information content (AvgIpc) is 2.64. The van der Waals surface area contributed by atoms with E-state index in [9.17, 15) is 9.90 Å². The Labute approximate surface area is 176 Å². The zero-order chi connectivity index (χ0) is 21.9. The fourth-order valence-corrected chi connectivity index (χ4v) is 4.63. The summed E-state index contributed by atoms with van der Waals surface area (Å²) >= 11 is 0. The van der Waals surface area contributed by atoms with Crippen molar-refractivity contribution in [1.29, 1.82) is 0 Å². The zero-order valence-corrected chi connectivity index (χ0v) is 18.9. The van der Waals surface area contributed by atoms with E-state index in [1.54, 1.807) is 6.92 Å². The van der Waals surface area contributed by atoms with Crippen LogP contribution in [-0.2, 0) is 14.6 Å². The van der Waals surface area contributed by atoms with Gasteiger partial charge < -0.3 is 10.2 Å². The van der Waals surface area contributed by atoms with E-state index in [0.29, 0.717) is 12.8 Å². The summed E-state index contributed by atoms with van der Waals surface area (Å²) in [6.45, 7) is 14.3. The summed E-state index contributed by atoms with van der Waals surface area (Å²) in [6.07, 6.45) is 9.63. The van der Waals surface area contributed by atoms with Gasteiger partial charge in [0.25, 0.3) is 0 Å². The second kappa shape index (κ2) is 9.32. The third kappa shape index (κ3) is 5.71. The van der Waals surface area contributed by atoms with Gasteiger partial charge in [0, 0.05) is 0 Å². The second-order valence-corrected chi connectivity index (χ2v) is 10.1. The van der Waals surface area contributed by atoms with E-state index in [1.807, 2.05) is 6.92 Å². The fraction of sp³-hybridized carbons (Fsp3) is 0.792. The first kappa shape index (κ1) is 24.1. The van der Waals surface area contributed by atoms with Crippen LogP contribution in [0.2, 0.25) is 0 Å². The molecule has 1 saturated heterocycles. The van der Waals surface area contributed by atoms with Crippen LogP contribution < -0.4 is 0 Å². The van der Waals surface area contributed by atoms with Crippen molar-refractivity contribution in [2.75, 3.05) is 0 Å². The Hall–Kier alpha value is -1.17. The van der Waals surface area contributed by atoms with Crippen LogP contribution in [0.4, 0.5) is 0 Å². The van der Waals surface area contributed by atoms with Crippen molar-refractivity contribution in [2.24, 2.45) is 11.3 Å². The number of aliphatic carboxylic acids is 1. The highest BCUT2D eigenvalue weighted by molar-refractivity contribution is 5.70.